The Bertz CT molecular complexity index is 3180. The van der Waals surface area contributed by atoms with Gasteiger partial charge in [0.15, 0.2) is 5.82 Å². The lowest BCUT2D eigenvalue weighted by atomic mass is 9.93. The van der Waals surface area contributed by atoms with Crippen molar-refractivity contribution < 1.29 is 8.83 Å². The fraction of sp³-hybridized carbons (Fsp3) is 0. The van der Waals surface area contributed by atoms with E-state index in [0.29, 0.717) is 5.82 Å². The molecule has 0 radical (unpaired) electrons. The zero-order chi connectivity index (χ0) is 37.0. The zero-order valence-corrected chi connectivity index (χ0v) is 30.2. The zero-order valence-electron chi connectivity index (χ0n) is 30.2. The van der Waals surface area contributed by atoms with Gasteiger partial charge in [0.25, 0.3) is 0 Å². The monoisotopic (exact) mass is 716 g/mol. The second kappa shape index (κ2) is 13.1. The number of para-hydroxylation sites is 2. The summed E-state index contributed by atoms with van der Waals surface area (Å²) < 4.78 is 13.1. The van der Waals surface area contributed by atoms with E-state index in [1.54, 1.807) is 0 Å². The Balaban J connectivity index is 1.14. The van der Waals surface area contributed by atoms with E-state index in [2.05, 4.69) is 152 Å². The van der Waals surface area contributed by atoms with Crippen molar-refractivity contribution in [1.29, 1.82) is 0 Å². The first kappa shape index (κ1) is 31.9. The molecule has 8 aromatic carbocycles. The van der Waals surface area contributed by atoms with Crippen molar-refractivity contribution in [3.05, 3.63) is 194 Å². The van der Waals surface area contributed by atoms with Crippen LogP contribution < -0.4 is 0 Å². The summed E-state index contributed by atoms with van der Waals surface area (Å²) in [4.78, 5) is 10.5. The van der Waals surface area contributed by atoms with Gasteiger partial charge in [-0.1, -0.05) is 140 Å². The Kier molecular flexibility index (Phi) is 7.46. The molecule has 4 heteroatoms. The lowest BCUT2D eigenvalue weighted by Crippen LogP contribution is -1.97. The Morgan fingerprint density at radius 2 is 0.839 bits per heavy atom. The van der Waals surface area contributed by atoms with Gasteiger partial charge in [-0.25, -0.2) is 9.97 Å². The van der Waals surface area contributed by atoms with Crippen LogP contribution in [0.25, 0.3) is 111 Å². The predicted molar refractivity (Wildman–Crippen MR) is 229 cm³/mol. The average molecular weight is 717 g/mol. The van der Waals surface area contributed by atoms with Crippen LogP contribution in [0.1, 0.15) is 0 Å². The summed E-state index contributed by atoms with van der Waals surface area (Å²) in [7, 11) is 0. The summed E-state index contributed by atoms with van der Waals surface area (Å²) in [6, 6.07) is 67.3. The third-order valence-electron chi connectivity index (χ3n) is 10.7. The topological polar surface area (TPSA) is 52.1 Å². The van der Waals surface area contributed by atoms with Gasteiger partial charge in [-0.05, 0) is 88.0 Å². The lowest BCUT2D eigenvalue weighted by Gasteiger charge is -2.14. The van der Waals surface area contributed by atoms with E-state index in [1.165, 1.54) is 0 Å². The number of rotatable bonds is 6. The first-order valence-corrected chi connectivity index (χ1v) is 18.8. The third kappa shape index (κ3) is 5.47. The van der Waals surface area contributed by atoms with Gasteiger partial charge in [-0.3, -0.25) is 0 Å². The molecular formula is C52H32N2O2. The molecule has 0 aliphatic rings. The molecule has 0 saturated heterocycles. The minimum Gasteiger partial charge on any atom is -0.456 e. The molecule has 0 atom stereocenters. The second-order valence-corrected chi connectivity index (χ2v) is 14.1. The molecule has 0 fully saturated rings. The van der Waals surface area contributed by atoms with Crippen LogP contribution in [0.3, 0.4) is 0 Å². The average Bonchev–Trinajstić information content (AvgIpc) is 3.85. The van der Waals surface area contributed by atoms with Gasteiger partial charge >= 0.3 is 0 Å². The summed E-state index contributed by atoms with van der Waals surface area (Å²) in [5.41, 5.74) is 14.4. The van der Waals surface area contributed by atoms with E-state index >= 15 is 0 Å². The number of furan rings is 2. The molecule has 0 amide bonds. The minimum absolute atomic E-state index is 0.646. The van der Waals surface area contributed by atoms with E-state index in [4.69, 9.17) is 18.8 Å². The number of aromatic nitrogens is 2. The molecule has 3 heterocycles. The molecule has 11 aromatic rings. The Labute approximate surface area is 323 Å². The Hall–Kier alpha value is -7.56. The second-order valence-electron chi connectivity index (χ2n) is 14.1. The Morgan fingerprint density at radius 1 is 0.304 bits per heavy atom. The first-order chi connectivity index (χ1) is 27.7. The summed E-state index contributed by atoms with van der Waals surface area (Å²) in [6.45, 7) is 0. The SMILES string of the molecule is c1ccc(-c2cc(-c3ccccc3)cc(-c3cc(-c4ccc(-c5ccc6c(c5)oc5ccccc56)c5c4oc4ccccc45)nc(-c4ccccc4)n3)c2)cc1. The normalized spacial score (nSPS) is 11.6. The number of benzene rings is 8. The van der Waals surface area contributed by atoms with Crippen molar-refractivity contribution in [2.75, 3.05) is 0 Å². The summed E-state index contributed by atoms with van der Waals surface area (Å²) in [6.07, 6.45) is 0. The van der Waals surface area contributed by atoms with Gasteiger partial charge in [0.05, 0.1) is 11.4 Å². The fourth-order valence-electron chi connectivity index (χ4n) is 7.98. The lowest BCUT2D eigenvalue weighted by molar-refractivity contribution is 0.668. The molecule has 3 aromatic heterocycles. The first-order valence-electron chi connectivity index (χ1n) is 18.8. The van der Waals surface area contributed by atoms with Gasteiger partial charge in [-0.15, -0.1) is 0 Å². The van der Waals surface area contributed by atoms with Gasteiger partial charge in [-0.2, -0.15) is 0 Å². The highest BCUT2D eigenvalue weighted by molar-refractivity contribution is 6.17. The van der Waals surface area contributed by atoms with Crippen LogP contribution in [-0.4, -0.2) is 9.97 Å². The number of nitrogens with zero attached hydrogens (tertiary/aromatic N) is 2. The smallest absolute Gasteiger partial charge is 0.160 e. The maximum atomic E-state index is 6.80. The van der Waals surface area contributed by atoms with Gasteiger partial charge in [0.1, 0.15) is 22.3 Å². The minimum atomic E-state index is 0.646. The van der Waals surface area contributed by atoms with Gasteiger partial charge < -0.3 is 8.83 Å². The highest BCUT2D eigenvalue weighted by Gasteiger charge is 2.21. The predicted octanol–water partition coefficient (Wildman–Crippen LogP) is 14.3. The van der Waals surface area contributed by atoms with E-state index in [0.717, 1.165) is 105 Å². The quantitative estimate of drug-likeness (QED) is 0.172. The molecule has 11 rings (SSSR count). The molecule has 56 heavy (non-hydrogen) atoms. The molecule has 0 spiro atoms. The van der Waals surface area contributed by atoms with Crippen LogP contribution >= 0.6 is 0 Å². The third-order valence-corrected chi connectivity index (χ3v) is 10.7. The standard InChI is InChI=1S/C52H32N2O2/c1-4-14-33(15-5-1)37-28-38(34-16-6-2-7-17-34)30-39(29-37)45-32-46(54-52(53-45)35-18-8-3-9-19-35)43-27-26-40(50-44-21-11-13-23-48(44)56-51(43)50)36-24-25-42-41-20-10-12-22-47(41)55-49(42)31-36/h1-32H. The van der Waals surface area contributed by atoms with Crippen molar-refractivity contribution in [3.8, 4) is 67.3 Å². The molecule has 4 nitrogen and oxygen atoms in total. The highest BCUT2D eigenvalue weighted by Crippen LogP contribution is 2.44. The van der Waals surface area contributed by atoms with Crippen molar-refractivity contribution in [1.82, 2.24) is 9.97 Å². The van der Waals surface area contributed by atoms with Crippen LogP contribution in [-0.2, 0) is 0 Å². The van der Waals surface area contributed by atoms with Crippen LogP contribution in [0.5, 0.6) is 0 Å². The molecule has 0 aliphatic heterocycles. The molecular weight excluding hydrogens is 685 g/mol. The van der Waals surface area contributed by atoms with Crippen LogP contribution in [0, 0.1) is 0 Å². The highest BCUT2D eigenvalue weighted by atomic mass is 16.3. The summed E-state index contributed by atoms with van der Waals surface area (Å²) >= 11 is 0. The van der Waals surface area contributed by atoms with Crippen LogP contribution in [0.2, 0.25) is 0 Å². The van der Waals surface area contributed by atoms with E-state index in [1.807, 2.05) is 42.5 Å². The maximum absolute atomic E-state index is 6.80. The van der Waals surface area contributed by atoms with E-state index in [-0.39, 0.29) is 0 Å². The number of fused-ring (bicyclic) bond motifs is 6. The van der Waals surface area contributed by atoms with Crippen molar-refractivity contribution in [3.63, 3.8) is 0 Å². The van der Waals surface area contributed by atoms with Crippen LogP contribution in [0.15, 0.2) is 203 Å². The van der Waals surface area contributed by atoms with E-state index < -0.39 is 0 Å². The molecule has 0 N–H and O–H groups in total. The molecule has 0 saturated carbocycles. The van der Waals surface area contributed by atoms with Crippen molar-refractivity contribution in [2.45, 2.75) is 0 Å². The number of hydrogen-bond donors (Lipinski definition) is 0. The summed E-state index contributed by atoms with van der Waals surface area (Å²) in [5.74, 6) is 0.646. The van der Waals surface area contributed by atoms with Crippen LogP contribution in [0.4, 0.5) is 0 Å². The number of hydrogen-bond acceptors (Lipinski definition) is 4. The molecule has 0 aliphatic carbocycles. The largest absolute Gasteiger partial charge is 0.456 e. The molecule has 0 bridgehead atoms. The van der Waals surface area contributed by atoms with E-state index in [9.17, 15) is 0 Å². The summed E-state index contributed by atoms with van der Waals surface area (Å²) in [5, 5.41) is 4.29. The Morgan fingerprint density at radius 3 is 1.54 bits per heavy atom. The van der Waals surface area contributed by atoms with Crippen molar-refractivity contribution in [2.24, 2.45) is 0 Å². The fourth-order valence-corrected chi connectivity index (χ4v) is 7.98. The molecule has 262 valence electrons. The molecule has 0 unspecified atom stereocenters. The maximum Gasteiger partial charge on any atom is 0.160 e. The van der Waals surface area contributed by atoms with Gasteiger partial charge in [0, 0.05) is 38.2 Å². The van der Waals surface area contributed by atoms with Crippen molar-refractivity contribution >= 4 is 43.9 Å². The van der Waals surface area contributed by atoms with Gasteiger partial charge in [0.2, 0.25) is 0 Å².